The zero-order chi connectivity index (χ0) is 15.4. The Balaban J connectivity index is 2.03. The average Bonchev–Trinajstić information content (AvgIpc) is 2.87. The van der Waals surface area contributed by atoms with Crippen molar-refractivity contribution in [3.63, 3.8) is 0 Å². The monoisotopic (exact) mass is 289 g/mol. The maximum Gasteiger partial charge on any atom is 0.227 e. The van der Waals surface area contributed by atoms with Crippen LogP contribution in [0.4, 0.5) is 11.4 Å². The summed E-state index contributed by atoms with van der Waals surface area (Å²) in [4.78, 5) is 25.4. The van der Waals surface area contributed by atoms with Crippen molar-refractivity contribution in [1.29, 1.82) is 0 Å². The Labute approximate surface area is 125 Å². The van der Waals surface area contributed by atoms with Gasteiger partial charge in [-0.3, -0.25) is 9.59 Å². The molecule has 2 amide bonds. The van der Waals surface area contributed by atoms with Gasteiger partial charge in [0.05, 0.1) is 0 Å². The third-order valence-corrected chi connectivity index (χ3v) is 3.91. The van der Waals surface area contributed by atoms with Crippen molar-refractivity contribution in [3.05, 3.63) is 23.8 Å². The molecule has 5 nitrogen and oxygen atoms in total. The van der Waals surface area contributed by atoms with Gasteiger partial charge in [-0.25, -0.2) is 0 Å². The Morgan fingerprint density at radius 2 is 2.19 bits per heavy atom. The van der Waals surface area contributed by atoms with Crippen LogP contribution < -0.4 is 16.0 Å². The number of benzene rings is 1. The first-order valence-corrected chi connectivity index (χ1v) is 7.45. The predicted molar refractivity (Wildman–Crippen MR) is 84.3 cm³/mol. The highest BCUT2D eigenvalue weighted by molar-refractivity contribution is 5.96. The molecule has 0 aromatic heterocycles. The highest BCUT2D eigenvalue weighted by atomic mass is 16.2. The van der Waals surface area contributed by atoms with Crippen LogP contribution >= 0.6 is 0 Å². The molecular formula is C16H23N3O2. The Hall–Kier alpha value is -1.88. The molecule has 3 N–H and O–H groups in total. The summed E-state index contributed by atoms with van der Waals surface area (Å²) in [5.74, 6) is 0.0290. The lowest BCUT2D eigenvalue weighted by molar-refractivity contribution is -0.119. The number of nitrogens with one attached hydrogen (secondary N) is 1. The van der Waals surface area contributed by atoms with Gasteiger partial charge in [-0.2, -0.15) is 0 Å². The normalized spacial score (nSPS) is 14.7. The molecule has 0 radical (unpaired) electrons. The molecule has 1 aromatic rings. The number of rotatable bonds is 5. The first-order chi connectivity index (χ1) is 10.0. The lowest BCUT2D eigenvalue weighted by Gasteiger charge is -2.16. The van der Waals surface area contributed by atoms with Gasteiger partial charge < -0.3 is 16.0 Å². The summed E-state index contributed by atoms with van der Waals surface area (Å²) in [7, 11) is 0. The van der Waals surface area contributed by atoms with E-state index in [1.165, 1.54) is 0 Å². The first-order valence-electron chi connectivity index (χ1n) is 7.45. The maximum absolute atomic E-state index is 12.1. The quantitative estimate of drug-likeness (QED) is 0.869. The van der Waals surface area contributed by atoms with E-state index in [0.717, 1.165) is 42.7 Å². The second-order valence-electron chi connectivity index (χ2n) is 5.59. The van der Waals surface area contributed by atoms with Crippen molar-refractivity contribution in [2.75, 3.05) is 23.3 Å². The standard InChI is InChI=1S/C16H23N3O2/c1-11(4-3-8-17)16(21)18-14-5-6-15-13(10-14)7-9-19(15)12(2)20/h5-6,10-11H,3-4,7-9,17H2,1-2H3,(H,18,21). The second kappa shape index (κ2) is 6.72. The van der Waals surface area contributed by atoms with E-state index in [1.807, 2.05) is 25.1 Å². The average molecular weight is 289 g/mol. The SMILES string of the molecule is CC(=O)N1CCc2cc(NC(=O)C(C)CCCN)ccc21. The smallest absolute Gasteiger partial charge is 0.227 e. The summed E-state index contributed by atoms with van der Waals surface area (Å²) in [6.45, 7) is 4.81. The van der Waals surface area contributed by atoms with Crippen molar-refractivity contribution >= 4 is 23.2 Å². The van der Waals surface area contributed by atoms with Crippen molar-refractivity contribution in [2.24, 2.45) is 11.7 Å². The molecule has 21 heavy (non-hydrogen) atoms. The second-order valence-corrected chi connectivity index (χ2v) is 5.59. The molecule has 1 aromatic carbocycles. The minimum Gasteiger partial charge on any atom is -0.330 e. The number of nitrogens with zero attached hydrogens (tertiary/aromatic N) is 1. The maximum atomic E-state index is 12.1. The van der Waals surface area contributed by atoms with Crippen molar-refractivity contribution in [1.82, 2.24) is 0 Å². The van der Waals surface area contributed by atoms with E-state index >= 15 is 0 Å². The third-order valence-electron chi connectivity index (χ3n) is 3.91. The van der Waals surface area contributed by atoms with Crippen LogP contribution in [-0.4, -0.2) is 24.9 Å². The zero-order valence-corrected chi connectivity index (χ0v) is 12.7. The number of carbonyl (C=O) groups is 2. The highest BCUT2D eigenvalue weighted by Gasteiger charge is 2.22. The number of fused-ring (bicyclic) bond motifs is 1. The largest absolute Gasteiger partial charge is 0.330 e. The molecule has 0 spiro atoms. The van der Waals surface area contributed by atoms with Gasteiger partial charge in [-0.1, -0.05) is 6.92 Å². The molecule has 0 saturated carbocycles. The Kier molecular flexibility index (Phi) is 4.96. The number of hydrogen-bond donors (Lipinski definition) is 2. The summed E-state index contributed by atoms with van der Waals surface area (Å²) >= 11 is 0. The van der Waals surface area contributed by atoms with E-state index in [-0.39, 0.29) is 17.7 Å². The van der Waals surface area contributed by atoms with Gasteiger partial charge in [0.1, 0.15) is 0 Å². The van der Waals surface area contributed by atoms with Crippen LogP contribution in [0.2, 0.25) is 0 Å². The lowest BCUT2D eigenvalue weighted by atomic mass is 10.0. The minimum atomic E-state index is -0.0458. The number of hydrogen-bond acceptors (Lipinski definition) is 3. The topological polar surface area (TPSA) is 75.4 Å². The van der Waals surface area contributed by atoms with Crippen LogP contribution in [0, 0.1) is 5.92 Å². The van der Waals surface area contributed by atoms with E-state index < -0.39 is 0 Å². The molecule has 1 unspecified atom stereocenters. The Morgan fingerprint density at radius 3 is 2.86 bits per heavy atom. The fourth-order valence-electron chi connectivity index (χ4n) is 2.63. The molecule has 1 aliphatic heterocycles. The van der Waals surface area contributed by atoms with E-state index in [4.69, 9.17) is 5.73 Å². The van der Waals surface area contributed by atoms with Gasteiger partial charge in [0.2, 0.25) is 11.8 Å². The molecule has 1 heterocycles. The van der Waals surface area contributed by atoms with Crippen LogP contribution in [0.15, 0.2) is 18.2 Å². The molecule has 0 bridgehead atoms. The van der Waals surface area contributed by atoms with Crippen molar-refractivity contribution < 1.29 is 9.59 Å². The number of carbonyl (C=O) groups excluding carboxylic acids is 2. The lowest BCUT2D eigenvalue weighted by Crippen LogP contribution is -2.25. The number of anilines is 2. The minimum absolute atomic E-state index is 0.0184. The molecule has 0 saturated heterocycles. The zero-order valence-electron chi connectivity index (χ0n) is 12.7. The molecule has 2 rings (SSSR count). The van der Waals surface area contributed by atoms with Gasteiger partial charge in [-0.05, 0) is 49.6 Å². The summed E-state index contributed by atoms with van der Waals surface area (Å²) in [5.41, 5.74) is 8.32. The van der Waals surface area contributed by atoms with Gasteiger partial charge >= 0.3 is 0 Å². The van der Waals surface area contributed by atoms with Gasteiger partial charge in [-0.15, -0.1) is 0 Å². The van der Waals surface area contributed by atoms with Crippen molar-refractivity contribution in [3.8, 4) is 0 Å². The van der Waals surface area contributed by atoms with E-state index in [9.17, 15) is 9.59 Å². The summed E-state index contributed by atoms with van der Waals surface area (Å²) in [6, 6.07) is 5.73. The number of nitrogens with two attached hydrogens (primary N) is 1. The third kappa shape index (κ3) is 3.61. The van der Waals surface area contributed by atoms with E-state index in [1.54, 1.807) is 11.8 Å². The summed E-state index contributed by atoms with van der Waals surface area (Å²) in [6.07, 6.45) is 2.49. The summed E-state index contributed by atoms with van der Waals surface area (Å²) in [5, 5.41) is 2.94. The van der Waals surface area contributed by atoms with E-state index in [0.29, 0.717) is 6.54 Å². The highest BCUT2D eigenvalue weighted by Crippen LogP contribution is 2.30. The van der Waals surface area contributed by atoms with Gasteiger partial charge in [0.25, 0.3) is 0 Å². The Bertz CT molecular complexity index is 542. The van der Waals surface area contributed by atoms with Crippen molar-refractivity contribution in [2.45, 2.75) is 33.1 Å². The molecule has 0 fully saturated rings. The Morgan fingerprint density at radius 1 is 1.43 bits per heavy atom. The fraction of sp³-hybridized carbons (Fsp3) is 0.500. The fourth-order valence-corrected chi connectivity index (χ4v) is 2.63. The molecule has 0 aliphatic carbocycles. The van der Waals surface area contributed by atoms with Crippen LogP contribution in [0.1, 0.15) is 32.3 Å². The summed E-state index contributed by atoms with van der Waals surface area (Å²) < 4.78 is 0. The molecular weight excluding hydrogens is 266 g/mol. The first kappa shape index (κ1) is 15.5. The van der Waals surface area contributed by atoms with Gasteiger partial charge in [0.15, 0.2) is 0 Å². The van der Waals surface area contributed by atoms with Crippen LogP contribution in [-0.2, 0) is 16.0 Å². The molecule has 1 atom stereocenters. The number of amides is 2. The molecule has 1 aliphatic rings. The van der Waals surface area contributed by atoms with Gasteiger partial charge in [0, 0.05) is 30.8 Å². The molecule has 114 valence electrons. The van der Waals surface area contributed by atoms with Crippen LogP contribution in [0.25, 0.3) is 0 Å². The van der Waals surface area contributed by atoms with Crippen LogP contribution in [0.3, 0.4) is 0 Å². The van der Waals surface area contributed by atoms with Crippen LogP contribution in [0.5, 0.6) is 0 Å². The molecule has 5 heteroatoms. The van der Waals surface area contributed by atoms with E-state index in [2.05, 4.69) is 5.32 Å². The predicted octanol–water partition coefficient (Wildman–Crippen LogP) is 1.91.